The van der Waals surface area contributed by atoms with Gasteiger partial charge in [0.2, 0.25) is 5.91 Å². The molecule has 41 heavy (non-hydrogen) atoms. The minimum absolute atomic E-state index is 0.0634. The monoisotopic (exact) mass is 553 g/mol. The van der Waals surface area contributed by atoms with E-state index in [0.717, 1.165) is 36.3 Å². The second-order valence-electron chi connectivity index (χ2n) is 10.3. The van der Waals surface area contributed by atoms with Crippen molar-refractivity contribution in [3.05, 3.63) is 89.5 Å². The summed E-state index contributed by atoms with van der Waals surface area (Å²) in [5, 5.41) is 9.37. The highest BCUT2D eigenvalue weighted by molar-refractivity contribution is 6.37. The van der Waals surface area contributed by atoms with E-state index in [2.05, 4.69) is 27.8 Å². The van der Waals surface area contributed by atoms with Crippen LogP contribution in [0.1, 0.15) is 54.6 Å². The normalized spacial score (nSPS) is 13.4. The molecule has 1 aliphatic heterocycles. The van der Waals surface area contributed by atoms with Crippen LogP contribution in [0, 0.1) is 0 Å². The quantitative estimate of drug-likeness (QED) is 0.205. The highest BCUT2D eigenvalue weighted by Gasteiger charge is 2.29. The smallest absolute Gasteiger partial charge is 0.258 e. The predicted octanol–water partition coefficient (Wildman–Crippen LogP) is 5.45. The summed E-state index contributed by atoms with van der Waals surface area (Å²) in [7, 11) is 3.97. The van der Waals surface area contributed by atoms with Crippen LogP contribution in [0.4, 0.5) is 17.1 Å². The molecule has 214 valence electrons. The first-order valence-corrected chi connectivity index (χ1v) is 14.2. The predicted molar refractivity (Wildman–Crippen MR) is 167 cm³/mol. The van der Waals surface area contributed by atoms with Crippen molar-refractivity contribution in [1.29, 1.82) is 0 Å². The first-order valence-electron chi connectivity index (χ1n) is 14.2. The molecule has 3 aromatic carbocycles. The lowest BCUT2D eigenvalue weighted by Gasteiger charge is -2.24. The number of likely N-dealkylation sites (N-methyl/N-ethyl adjacent to an activating group) is 1. The SMILES string of the molecule is CCCCNC(=O)c1ccc2c(c1)/C(=C(\Nc1ccc(N(CCN(C)C)C(=O)CC)cc1)c1ccccc1)C(=O)N2. The Morgan fingerprint density at radius 2 is 1.61 bits per heavy atom. The van der Waals surface area contributed by atoms with Crippen LogP contribution in [0.5, 0.6) is 0 Å². The summed E-state index contributed by atoms with van der Waals surface area (Å²) >= 11 is 0. The van der Waals surface area contributed by atoms with Gasteiger partial charge in [-0.25, -0.2) is 0 Å². The van der Waals surface area contributed by atoms with Gasteiger partial charge < -0.3 is 25.8 Å². The topological polar surface area (TPSA) is 93.8 Å². The van der Waals surface area contributed by atoms with E-state index in [1.54, 1.807) is 23.1 Å². The zero-order valence-corrected chi connectivity index (χ0v) is 24.3. The van der Waals surface area contributed by atoms with E-state index in [1.165, 1.54) is 0 Å². The van der Waals surface area contributed by atoms with E-state index in [4.69, 9.17) is 0 Å². The van der Waals surface area contributed by atoms with Gasteiger partial charge in [0.15, 0.2) is 0 Å². The summed E-state index contributed by atoms with van der Waals surface area (Å²) in [6, 6.07) is 22.6. The summed E-state index contributed by atoms with van der Waals surface area (Å²) in [5.41, 5.74) is 5.36. The molecule has 0 fully saturated rings. The maximum Gasteiger partial charge on any atom is 0.258 e. The van der Waals surface area contributed by atoms with Gasteiger partial charge in [0.05, 0.1) is 11.3 Å². The Balaban J connectivity index is 1.70. The van der Waals surface area contributed by atoms with E-state index >= 15 is 0 Å². The molecule has 0 bridgehead atoms. The number of unbranched alkanes of at least 4 members (excludes halogenated alkanes) is 1. The fourth-order valence-corrected chi connectivity index (χ4v) is 4.68. The highest BCUT2D eigenvalue weighted by Crippen LogP contribution is 2.38. The average molecular weight is 554 g/mol. The van der Waals surface area contributed by atoms with Crippen LogP contribution in [-0.2, 0) is 9.59 Å². The number of carbonyl (C=O) groups is 3. The Labute approximate surface area is 242 Å². The van der Waals surface area contributed by atoms with Gasteiger partial charge in [-0.05, 0) is 68.5 Å². The molecule has 0 saturated carbocycles. The third-order valence-corrected chi connectivity index (χ3v) is 6.98. The minimum atomic E-state index is -0.241. The number of nitrogens with one attached hydrogen (secondary N) is 3. The zero-order valence-electron chi connectivity index (χ0n) is 24.3. The number of benzene rings is 3. The first kappa shape index (κ1) is 29.6. The first-order chi connectivity index (χ1) is 19.8. The van der Waals surface area contributed by atoms with Gasteiger partial charge in [0.1, 0.15) is 0 Å². The molecule has 0 atom stereocenters. The summed E-state index contributed by atoms with van der Waals surface area (Å²) in [6.07, 6.45) is 2.32. The van der Waals surface area contributed by atoms with E-state index in [1.807, 2.05) is 75.6 Å². The molecule has 0 saturated heterocycles. The Kier molecular flexibility index (Phi) is 9.92. The van der Waals surface area contributed by atoms with Crippen LogP contribution < -0.4 is 20.9 Å². The van der Waals surface area contributed by atoms with Gasteiger partial charge in [0, 0.05) is 54.2 Å². The lowest BCUT2D eigenvalue weighted by molar-refractivity contribution is -0.118. The van der Waals surface area contributed by atoms with E-state index < -0.39 is 0 Å². The second kappa shape index (κ2) is 13.8. The number of carbonyl (C=O) groups excluding carboxylic acids is 3. The third-order valence-electron chi connectivity index (χ3n) is 6.98. The molecule has 3 amide bonds. The molecular weight excluding hydrogens is 514 g/mol. The minimum Gasteiger partial charge on any atom is -0.354 e. The Bertz CT molecular complexity index is 1410. The van der Waals surface area contributed by atoms with Crippen molar-refractivity contribution >= 4 is 46.1 Å². The molecule has 4 rings (SSSR count). The molecule has 3 aromatic rings. The third kappa shape index (κ3) is 7.21. The van der Waals surface area contributed by atoms with Crippen LogP contribution in [0.25, 0.3) is 11.3 Å². The molecule has 0 aromatic heterocycles. The lowest BCUT2D eigenvalue weighted by atomic mass is 9.98. The zero-order chi connectivity index (χ0) is 29.4. The molecule has 0 spiro atoms. The second-order valence-corrected chi connectivity index (χ2v) is 10.3. The average Bonchev–Trinajstić information content (AvgIpc) is 3.31. The maximum atomic E-state index is 13.3. The van der Waals surface area contributed by atoms with E-state index in [0.29, 0.717) is 47.6 Å². The van der Waals surface area contributed by atoms with Crippen molar-refractivity contribution < 1.29 is 14.4 Å². The van der Waals surface area contributed by atoms with Crippen molar-refractivity contribution in [2.45, 2.75) is 33.1 Å². The van der Waals surface area contributed by atoms with Gasteiger partial charge in [-0.15, -0.1) is 0 Å². The molecule has 8 nitrogen and oxygen atoms in total. The number of hydrogen-bond donors (Lipinski definition) is 3. The van der Waals surface area contributed by atoms with Crippen LogP contribution in [0.3, 0.4) is 0 Å². The highest BCUT2D eigenvalue weighted by atomic mass is 16.2. The Hall–Kier alpha value is -4.43. The van der Waals surface area contributed by atoms with Crippen molar-refractivity contribution in [3.8, 4) is 0 Å². The van der Waals surface area contributed by atoms with Gasteiger partial charge in [-0.3, -0.25) is 14.4 Å². The largest absolute Gasteiger partial charge is 0.354 e. The fourth-order valence-electron chi connectivity index (χ4n) is 4.68. The molecule has 1 aliphatic rings. The van der Waals surface area contributed by atoms with E-state index in [-0.39, 0.29) is 17.7 Å². The molecular formula is C33H39N5O3. The summed E-state index contributed by atoms with van der Waals surface area (Å²) in [6.45, 7) is 5.90. The lowest BCUT2D eigenvalue weighted by Crippen LogP contribution is -2.36. The molecule has 8 heteroatoms. The van der Waals surface area contributed by atoms with Gasteiger partial charge >= 0.3 is 0 Å². The Morgan fingerprint density at radius 3 is 2.27 bits per heavy atom. The molecule has 1 heterocycles. The van der Waals surface area contributed by atoms with Crippen LogP contribution in [0.15, 0.2) is 72.8 Å². The van der Waals surface area contributed by atoms with Crippen molar-refractivity contribution in [3.63, 3.8) is 0 Å². The van der Waals surface area contributed by atoms with Crippen LogP contribution in [0.2, 0.25) is 0 Å². The number of hydrogen-bond acceptors (Lipinski definition) is 5. The van der Waals surface area contributed by atoms with Crippen LogP contribution in [-0.4, -0.2) is 56.4 Å². The van der Waals surface area contributed by atoms with Crippen LogP contribution >= 0.6 is 0 Å². The number of nitrogens with zero attached hydrogens (tertiary/aromatic N) is 2. The number of amides is 3. The molecule has 0 aliphatic carbocycles. The van der Waals surface area contributed by atoms with Crippen molar-refractivity contribution in [2.24, 2.45) is 0 Å². The standard InChI is InChI=1S/C33H39N5O3/c1-5-7-19-34-32(40)24-13-18-28-27(22-24)30(33(41)36-28)31(23-11-9-8-10-12-23)35-25-14-16-26(17-15-25)38(29(39)6-2)21-20-37(3)4/h8-18,22,35H,5-7,19-21H2,1-4H3,(H,34,40)(H,36,41)/b31-30+. The van der Waals surface area contributed by atoms with E-state index in [9.17, 15) is 14.4 Å². The van der Waals surface area contributed by atoms with Gasteiger partial charge in [0.25, 0.3) is 11.8 Å². The summed E-state index contributed by atoms with van der Waals surface area (Å²) in [4.78, 5) is 42.7. The molecule has 0 radical (unpaired) electrons. The molecule has 0 unspecified atom stereocenters. The number of fused-ring (bicyclic) bond motifs is 1. The van der Waals surface area contributed by atoms with Crippen molar-refractivity contribution in [2.75, 3.05) is 49.3 Å². The van der Waals surface area contributed by atoms with Crippen molar-refractivity contribution in [1.82, 2.24) is 10.2 Å². The van der Waals surface area contributed by atoms with Gasteiger partial charge in [-0.2, -0.15) is 0 Å². The number of rotatable bonds is 12. The maximum absolute atomic E-state index is 13.3. The Morgan fingerprint density at radius 1 is 0.878 bits per heavy atom. The van der Waals surface area contributed by atoms with Gasteiger partial charge in [-0.1, -0.05) is 50.6 Å². The number of anilines is 3. The summed E-state index contributed by atoms with van der Waals surface area (Å²) < 4.78 is 0. The summed E-state index contributed by atoms with van der Waals surface area (Å²) in [5.74, 6) is -0.339. The molecule has 3 N–H and O–H groups in total. The fraction of sp³-hybridized carbons (Fsp3) is 0.303.